The third-order valence-electron chi connectivity index (χ3n) is 6.61. The Morgan fingerprint density at radius 1 is 1.06 bits per heavy atom. The van der Waals surface area contributed by atoms with Gasteiger partial charge in [0.05, 0.1) is 5.69 Å². The quantitative estimate of drug-likeness (QED) is 0.563. The highest BCUT2D eigenvalue weighted by Gasteiger charge is 2.27. The SMILES string of the molecule is CC(C)(C)OC(=O)N1CCN(c2nc(-c3ccnc(NC4CCCC4)c3)cc3cnccc23)CC1. The number of carbonyl (C=O) groups excluding carboxylic acids is 1. The van der Waals surface area contributed by atoms with E-state index >= 15 is 0 Å². The maximum atomic E-state index is 12.5. The Morgan fingerprint density at radius 3 is 2.57 bits per heavy atom. The summed E-state index contributed by atoms with van der Waals surface area (Å²) in [6.45, 7) is 8.26. The Morgan fingerprint density at radius 2 is 1.83 bits per heavy atom. The first-order valence-corrected chi connectivity index (χ1v) is 12.6. The molecule has 1 aliphatic heterocycles. The molecule has 0 radical (unpaired) electrons. The highest BCUT2D eigenvalue weighted by atomic mass is 16.6. The van der Waals surface area contributed by atoms with Crippen molar-refractivity contribution in [1.82, 2.24) is 19.9 Å². The smallest absolute Gasteiger partial charge is 0.410 e. The number of nitrogens with zero attached hydrogens (tertiary/aromatic N) is 5. The first-order chi connectivity index (χ1) is 16.9. The van der Waals surface area contributed by atoms with Crippen LogP contribution in [0.3, 0.4) is 0 Å². The second kappa shape index (κ2) is 9.68. The summed E-state index contributed by atoms with van der Waals surface area (Å²) in [6.07, 6.45) is 10.2. The molecule has 2 aliphatic rings. The van der Waals surface area contributed by atoms with E-state index in [1.165, 1.54) is 25.7 Å². The van der Waals surface area contributed by atoms with Crippen LogP contribution in [-0.4, -0.2) is 63.8 Å². The number of hydrogen-bond acceptors (Lipinski definition) is 7. The molecule has 1 saturated heterocycles. The van der Waals surface area contributed by atoms with Crippen molar-refractivity contribution in [2.24, 2.45) is 0 Å². The van der Waals surface area contributed by atoms with Crippen LogP contribution in [-0.2, 0) is 4.74 Å². The van der Waals surface area contributed by atoms with Gasteiger partial charge in [0.25, 0.3) is 0 Å². The van der Waals surface area contributed by atoms with Gasteiger partial charge in [0.2, 0.25) is 0 Å². The van der Waals surface area contributed by atoms with Crippen LogP contribution in [0.5, 0.6) is 0 Å². The molecule has 1 saturated carbocycles. The van der Waals surface area contributed by atoms with Crippen LogP contribution >= 0.6 is 0 Å². The molecule has 1 N–H and O–H groups in total. The number of hydrogen-bond donors (Lipinski definition) is 1. The Labute approximate surface area is 206 Å². The number of carbonyl (C=O) groups is 1. The number of rotatable bonds is 4. The normalized spacial score (nSPS) is 17.1. The first-order valence-electron chi connectivity index (χ1n) is 12.6. The lowest BCUT2D eigenvalue weighted by Gasteiger charge is -2.36. The van der Waals surface area contributed by atoms with Crippen molar-refractivity contribution in [3.05, 3.63) is 42.9 Å². The molecule has 3 aromatic heterocycles. The van der Waals surface area contributed by atoms with E-state index in [-0.39, 0.29) is 6.09 Å². The lowest BCUT2D eigenvalue weighted by molar-refractivity contribution is 0.0240. The van der Waals surface area contributed by atoms with Gasteiger partial charge in [-0.15, -0.1) is 0 Å². The molecule has 0 spiro atoms. The van der Waals surface area contributed by atoms with Gasteiger partial charge in [-0.25, -0.2) is 14.8 Å². The Balaban J connectivity index is 1.40. The van der Waals surface area contributed by atoms with Gasteiger partial charge in [0, 0.05) is 67.1 Å². The zero-order valence-corrected chi connectivity index (χ0v) is 20.8. The maximum absolute atomic E-state index is 12.5. The summed E-state index contributed by atoms with van der Waals surface area (Å²) in [6, 6.07) is 8.71. The second-order valence-corrected chi connectivity index (χ2v) is 10.4. The predicted octanol–water partition coefficient (Wildman–Crippen LogP) is 5.10. The van der Waals surface area contributed by atoms with Crippen molar-refractivity contribution in [2.45, 2.75) is 58.1 Å². The number of nitrogens with one attached hydrogen (secondary N) is 1. The minimum absolute atomic E-state index is 0.257. The van der Waals surface area contributed by atoms with Gasteiger partial charge in [0.1, 0.15) is 17.2 Å². The first kappa shape index (κ1) is 23.3. The van der Waals surface area contributed by atoms with E-state index < -0.39 is 5.60 Å². The zero-order valence-electron chi connectivity index (χ0n) is 20.8. The number of anilines is 2. The van der Waals surface area contributed by atoms with Crippen molar-refractivity contribution in [2.75, 3.05) is 36.4 Å². The number of amides is 1. The van der Waals surface area contributed by atoms with Crippen LogP contribution in [0.4, 0.5) is 16.4 Å². The highest BCUT2D eigenvalue weighted by Crippen LogP contribution is 2.31. The third kappa shape index (κ3) is 5.47. The molecule has 1 amide bonds. The van der Waals surface area contributed by atoms with E-state index in [9.17, 15) is 4.79 Å². The molecular formula is C27H34N6O2. The average Bonchev–Trinajstić information content (AvgIpc) is 3.35. The average molecular weight is 475 g/mol. The predicted molar refractivity (Wildman–Crippen MR) is 139 cm³/mol. The number of aromatic nitrogens is 3. The van der Waals surface area contributed by atoms with E-state index in [0.29, 0.717) is 32.2 Å². The Bertz CT molecular complexity index is 1190. The monoisotopic (exact) mass is 474 g/mol. The molecule has 0 bridgehead atoms. The van der Waals surface area contributed by atoms with Crippen molar-refractivity contribution in [3.63, 3.8) is 0 Å². The van der Waals surface area contributed by atoms with Gasteiger partial charge < -0.3 is 19.9 Å². The van der Waals surface area contributed by atoms with Gasteiger partial charge in [0.15, 0.2) is 0 Å². The van der Waals surface area contributed by atoms with Gasteiger partial charge in [-0.05, 0) is 57.9 Å². The van der Waals surface area contributed by atoms with Crippen molar-refractivity contribution < 1.29 is 9.53 Å². The fourth-order valence-corrected chi connectivity index (χ4v) is 4.84. The number of piperazine rings is 1. The molecule has 0 aromatic carbocycles. The molecule has 2 fully saturated rings. The van der Waals surface area contributed by atoms with Crippen LogP contribution in [0.1, 0.15) is 46.5 Å². The minimum Gasteiger partial charge on any atom is -0.444 e. The van der Waals surface area contributed by atoms with Crippen molar-refractivity contribution in [1.29, 1.82) is 0 Å². The van der Waals surface area contributed by atoms with Gasteiger partial charge in [-0.2, -0.15) is 0 Å². The van der Waals surface area contributed by atoms with E-state index in [4.69, 9.17) is 9.72 Å². The van der Waals surface area contributed by atoms with Crippen LogP contribution in [0.15, 0.2) is 42.9 Å². The van der Waals surface area contributed by atoms with Crippen molar-refractivity contribution in [3.8, 4) is 11.3 Å². The minimum atomic E-state index is -0.497. The standard InChI is InChI=1S/C27H34N6O2/c1-27(2,3)35-26(34)33-14-12-32(13-15-33)25-22-9-10-28-18-20(22)16-23(31-25)19-8-11-29-24(17-19)30-21-6-4-5-7-21/h8-11,16-18,21H,4-7,12-15H2,1-3H3,(H,29,30). The summed E-state index contributed by atoms with van der Waals surface area (Å²) in [5, 5.41) is 5.70. The van der Waals surface area contributed by atoms with E-state index in [1.54, 1.807) is 11.1 Å². The summed E-state index contributed by atoms with van der Waals surface area (Å²) < 4.78 is 5.56. The fraction of sp³-hybridized carbons (Fsp3) is 0.481. The molecule has 184 valence electrons. The molecule has 0 unspecified atom stereocenters. The van der Waals surface area contributed by atoms with Gasteiger partial charge in [-0.3, -0.25) is 4.98 Å². The van der Waals surface area contributed by atoms with Crippen LogP contribution < -0.4 is 10.2 Å². The molecule has 0 atom stereocenters. The lowest BCUT2D eigenvalue weighted by Crippen LogP contribution is -2.50. The van der Waals surface area contributed by atoms with Gasteiger partial charge in [-0.1, -0.05) is 12.8 Å². The third-order valence-corrected chi connectivity index (χ3v) is 6.61. The van der Waals surface area contributed by atoms with Gasteiger partial charge >= 0.3 is 6.09 Å². The summed E-state index contributed by atoms with van der Waals surface area (Å²) in [5.41, 5.74) is 1.43. The van der Waals surface area contributed by atoms with Crippen LogP contribution in [0, 0.1) is 0 Å². The molecule has 3 aromatic rings. The molecule has 8 heteroatoms. The number of fused-ring (bicyclic) bond motifs is 1. The number of ether oxygens (including phenoxy) is 1. The molecule has 8 nitrogen and oxygen atoms in total. The topological polar surface area (TPSA) is 83.5 Å². The maximum Gasteiger partial charge on any atom is 0.410 e. The molecule has 4 heterocycles. The summed E-state index contributed by atoms with van der Waals surface area (Å²) >= 11 is 0. The van der Waals surface area contributed by atoms with Crippen LogP contribution in [0.2, 0.25) is 0 Å². The van der Waals surface area contributed by atoms with Crippen molar-refractivity contribution >= 4 is 28.5 Å². The Kier molecular flexibility index (Phi) is 6.45. The molecular weight excluding hydrogens is 440 g/mol. The number of pyridine rings is 3. The zero-order chi connectivity index (χ0) is 24.4. The largest absolute Gasteiger partial charge is 0.444 e. The molecule has 1 aliphatic carbocycles. The molecule has 35 heavy (non-hydrogen) atoms. The summed E-state index contributed by atoms with van der Waals surface area (Å²) in [4.78, 5) is 30.5. The lowest BCUT2D eigenvalue weighted by atomic mass is 10.1. The van der Waals surface area contributed by atoms with E-state index in [0.717, 1.165) is 33.7 Å². The summed E-state index contributed by atoms with van der Waals surface area (Å²) in [5.74, 6) is 1.82. The second-order valence-electron chi connectivity index (χ2n) is 10.4. The van der Waals surface area contributed by atoms with E-state index in [2.05, 4.69) is 32.3 Å². The van der Waals surface area contributed by atoms with Crippen LogP contribution in [0.25, 0.3) is 22.0 Å². The summed E-state index contributed by atoms with van der Waals surface area (Å²) in [7, 11) is 0. The highest BCUT2D eigenvalue weighted by molar-refractivity contribution is 5.94. The molecule has 5 rings (SSSR count). The fourth-order valence-electron chi connectivity index (χ4n) is 4.84. The Hall–Kier alpha value is -3.42. The van der Waals surface area contributed by atoms with E-state index in [1.807, 2.05) is 45.3 Å².